The zero-order valence-corrected chi connectivity index (χ0v) is 15.7. The molecule has 0 unspecified atom stereocenters. The zero-order chi connectivity index (χ0) is 18.0. The third kappa shape index (κ3) is 3.45. The van der Waals surface area contributed by atoms with Crippen LogP contribution in [0.4, 0.5) is 0 Å². The van der Waals surface area contributed by atoms with E-state index < -0.39 is 0 Å². The Morgan fingerprint density at radius 1 is 1.00 bits per heavy atom. The Morgan fingerprint density at radius 2 is 1.64 bits per heavy atom. The van der Waals surface area contributed by atoms with Crippen LogP contribution in [-0.4, -0.2) is 39.2 Å². The number of aromatic amines is 2. The Hall–Kier alpha value is -2.57. The van der Waals surface area contributed by atoms with Gasteiger partial charge < -0.3 is 9.97 Å². The van der Waals surface area contributed by atoms with Crippen LogP contribution < -0.4 is 11.1 Å². The van der Waals surface area contributed by atoms with Crippen molar-refractivity contribution in [1.82, 2.24) is 39.2 Å². The van der Waals surface area contributed by atoms with E-state index >= 15 is 0 Å². The topological polar surface area (TPSA) is 126 Å². The minimum atomic E-state index is -0.139. The Bertz CT molecular complexity index is 1140. The molecule has 0 saturated carbocycles. The minimum Gasteiger partial charge on any atom is -0.307 e. The summed E-state index contributed by atoms with van der Waals surface area (Å²) in [5.41, 5.74) is 0.690. The molecule has 0 atom stereocenters. The minimum absolute atomic E-state index is 0.137. The highest BCUT2D eigenvalue weighted by Gasteiger charge is 2.06. The number of aromatic nitrogens is 8. The standard InChI is InChI=1S/C7H7IN4O.C7H8N4O/c1-2-5-10-6(13)4-3-9-7(8)12(4)11-5;1-2-6-9-7(12)5-3-8-4-11(5)10-6/h3H,2H2,1H3,(H,10,11,13);3-4H,2H2,1H3,(H,9,10,12). The fourth-order valence-electron chi connectivity index (χ4n) is 2.11. The summed E-state index contributed by atoms with van der Waals surface area (Å²) in [4.78, 5) is 35.8. The van der Waals surface area contributed by atoms with Crippen molar-refractivity contribution < 1.29 is 0 Å². The molecular weight excluding hydrogens is 439 g/mol. The maximum absolute atomic E-state index is 11.4. The molecule has 130 valence electrons. The van der Waals surface area contributed by atoms with Crippen LogP contribution in [0.25, 0.3) is 11.0 Å². The van der Waals surface area contributed by atoms with Crippen molar-refractivity contribution in [3.8, 4) is 0 Å². The Kier molecular flexibility index (Phi) is 4.92. The van der Waals surface area contributed by atoms with Crippen LogP contribution in [0.3, 0.4) is 0 Å². The highest BCUT2D eigenvalue weighted by Crippen LogP contribution is 2.02. The molecule has 0 aliphatic carbocycles. The molecule has 10 nitrogen and oxygen atoms in total. The monoisotopic (exact) mass is 454 g/mol. The molecule has 2 N–H and O–H groups in total. The molecule has 0 fully saturated rings. The molecule has 25 heavy (non-hydrogen) atoms. The van der Waals surface area contributed by atoms with E-state index in [0.29, 0.717) is 39.4 Å². The quantitative estimate of drug-likeness (QED) is 0.427. The molecule has 0 spiro atoms. The second-order valence-electron chi connectivity index (χ2n) is 5.06. The van der Waals surface area contributed by atoms with Crippen LogP contribution in [-0.2, 0) is 12.8 Å². The van der Waals surface area contributed by atoms with Crippen molar-refractivity contribution in [3.05, 3.63) is 54.9 Å². The second kappa shape index (κ2) is 7.13. The number of halogens is 1. The molecule has 0 bridgehead atoms. The summed E-state index contributed by atoms with van der Waals surface area (Å²) in [7, 11) is 0. The molecular formula is C14H15IN8O2. The first-order chi connectivity index (χ1) is 12.0. The normalized spacial score (nSPS) is 10.8. The van der Waals surface area contributed by atoms with E-state index in [-0.39, 0.29) is 11.1 Å². The Labute approximate surface area is 154 Å². The zero-order valence-electron chi connectivity index (χ0n) is 13.5. The lowest BCUT2D eigenvalue weighted by Gasteiger charge is -1.97. The van der Waals surface area contributed by atoms with Crippen molar-refractivity contribution in [1.29, 1.82) is 0 Å². The molecule has 4 rings (SSSR count). The van der Waals surface area contributed by atoms with E-state index in [1.54, 1.807) is 4.52 Å². The number of hydrogen-bond acceptors (Lipinski definition) is 6. The molecule has 0 saturated heterocycles. The predicted octanol–water partition coefficient (Wildman–Crippen LogP) is 0.565. The van der Waals surface area contributed by atoms with Gasteiger partial charge in [-0.3, -0.25) is 9.59 Å². The first kappa shape index (κ1) is 17.3. The van der Waals surface area contributed by atoms with Gasteiger partial charge in [-0.05, 0) is 0 Å². The van der Waals surface area contributed by atoms with E-state index in [0.717, 1.165) is 0 Å². The van der Waals surface area contributed by atoms with E-state index in [2.05, 4.69) is 30.1 Å². The summed E-state index contributed by atoms with van der Waals surface area (Å²) in [6.45, 7) is 3.87. The maximum Gasteiger partial charge on any atom is 0.276 e. The van der Waals surface area contributed by atoms with E-state index in [1.165, 1.54) is 23.2 Å². The first-order valence-electron chi connectivity index (χ1n) is 7.57. The largest absolute Gasteiger partial charge is 0.307 e. The average molecular weight is 454 g/mol. The van der Waals surface area contributed by atoms with E-state index in [9.17, 15) is 9.59 Å². The van der Waals surface area contributed by atoms with Crippen LogP contribution in [0.2, 0.25) is 0 Å². The molecule has 4 aromatic rings. The fourth-order valence-corrected chi connectivity index (χ4v) is 2.62. The molecule has 0 radical (unpaired) electrons. The van der Waals surface area contributed by atoms with Crippen LogP contribution >= 0.6 is 22.6 Å². The second-order valence-corrected chi connectivity index (χ2v) is 6.02. The molecule has 0 aliphatic rings. The first-order valence-corrected chi connectivity index (χ1v) is 8.65. The Morgan fingerprint density at radius 3 is 2.32 bits per heavy atom. The number of nitrogens with one attached hydrogen (secondary N) is 2. The van der Waals surface area contributed by atoms with Gasteiger partial charge in [0.25, 0.3) is 11.1 Å². The van der Waals surface area contributed by atoms with Gasteiger partial charge in [0.05, 0.1) is 12.4 Å². The number of nitrogens with zero attached hydrogens (tertiary/aromatic N) is 6. The third-order valence-corrected chi connectivity index (χ3v) is 4.15. The summed E-state index contributed by atoms with van der Waals surface area (Å²) in [5.74, 6) is 1.35. The Balaban J connectivity index is 0.000000146. The maximum atomic E-state index is 11.4. The van der Waals surface area contributed by atoms with Crippen LogP contribution in [0.15, 0.2) is 28.3 Å². The number of fused-ring (bicyclic) bond motifs is 2. The van der Waals surface area contributed by atoms with Gasteiger partial charge in [0, 0.05) is 35.4 Å². The van der Waals surface area contributed by atoms with Gasteiger partial charge in [0.15, 0.2) is 9.35 Å². The molecule has 4 aromatic heterocycles. The van der Waals surface area contributed by atoms with Crippen LogP contribution in [0.5, 0.6) is 0 Å². The molecule has 0 aromatic carbocycles. The smallest absolute Gasteiger partial charge is 0.276 e. The number of hydrogen-bond donors (Lipinski definition) is 2. The summed E-state index contributed by atoms with van der Waals surface area (Å²) in [5, 5.41) is 8.32. The van der Waals surface area contributed by atoms with Crippen LogP contribution in [0, 0.1) is 3.83 Å². The van der Waals surface area contributed by atoms with Crippen LogP contribution in [0.1, 0.15) is 25.5 Å². The SMILES string of the molecule is CCc1nn2c(I)ncc2c(=O)[nH]1.CCc1nn2cncc2c(=O)[nH]1. The number of H-pyrrole nitrogens is 2. The number of imidazole rings is 2. The van der Waals surface area contributed by atoms with Gasteiger partial charge in [0.1, 0.15) is 23.5 Å². The summed E-state index contributed by atoms with van der Waals surface area (Å²) < 4.78 is 3.74. The lowest BCUT2D eigenvalue weighted by molar-refractivity contribution is 0.781. The van der Waals surface area contributed by atoms with Gasteiger partial charge in [-0.1, -0.05) is 13.8 Å². The summed E-state index contributed by atoms with van der Waals surface area (Å²) >= 11 is 2.04. The van der Waals surface area contributed by atoms with Crippen molar-refractivity contribution in [2.24, 2.45) is 0 Å². The number of aryl methyl sites for hydroxylation is 2. The molecule has 0 aliphatic heterocycles. The molecule has 4 heterocycles. The predicted molar refractivity (Wildman–Crippen MR) is 98.7 cm³/mol. The lowest BCUT2D eigenvalue weighted by atomic mass is 10.4. The van der Waals surface area contributed by atoms with Gasteiger partial charge in [-0.15, -0.1) is 0 Å². The highest BCUT2D eigenvalue weighted by molar-refractivity contribution is 14.1. The number of rotatable bonds is 2. The van der Waals surface area contributed by atoms with E-state index in [1.807, 2.05) is 36.4 Å². The lowest BCUT2D eigenvalue weighted by Crippen LogP contribution is -2.15. The van der Waals surface area contributed by atoms with Crippen molar-refractivity contribution >= 4 is 33.6 Å². The van der Waals surface area contributed by atoms with Crippen molar-refractivity contribution in [3.63, 3.8) is 0 Å². The van der Waals surface area contributed by atoms with E-state index in [4.69, 9.17) is 0 Å². The van der Waals surface area contributed by atoms with Gasteiger partial charge in [0.2, 0.25) is 0 Å². The van der Waals surface area contributed by atoms with Gasteiger partial charge in [-0.2, -0.15) is 10.2 Å². The summed E-state index contributed by atoms with van der Waals surface area (Å²) in [6, 6.07) is 0. The van der Waals surface area contributed by atoms with Crippen molar-refractivity contribution in [2.75, 3.05) is 0 Å². The van der Waals surface area contributed by atoms with Gasteiger partial charge >= 0.3 is 0 Å². The third-order valence-electron chi connectivity index (χ3n) is 3.42. The van der Waals surface area contributed by atoms with Gasteiger partial charge in [-0.25, -0.2) is 19.0 Å². The molecule has 0 amide bonds. The average Bonchev–Trinajstić information content (AvgIpc) is 3.23. The van der Waals surface area contributed by atoms with Crippen molar-refractivity contribution in [2.45, 2.75) is 26.7 Å². The fraction of sp³-hybridized carbons (Fsp3) is 0.286. The molecule has 11 heteroatoms. The summed E-state index contributed by atoms with van der Waals surface area (Å²) in [6.07, 6.45) is 5.95. The highest BCUT2D eigenvalue weighted by atomic mass is 127.